The average molecular weight is 417 g/mol. The minimum Gasteiger partial charge on any atom is -0.496 e. The van der Waals surface area contributed by atoms with Crippen molar-refractivity contribution in [3.8, 4) is 5.75 Å². The Labute approximate surface area is 180 Å². The van der Waals surface area contributed by atoms with E-state index in [9.17, 15) is 14.7 Å². The molecule has 0 saturated carbocycles. The second-order valence-electron chi connectivity index (χ2n) is 8.25. The van der Waals surface area contributed by atoms with E-state index in [1.807, 2.05) is 23.1 Å². The molecule has 1 aliphatic heterocycles. The van der Waals surface area contributed by atoms with Gasteiger partial charge in [0.2, 0.25) is 5.91 Å². The van der Waals surface area contributed by atoms with Crippen molar-refractivity contribution in [3.63, 3.8) is 0 Å². The number of likely N-dealkylation sites (tertiary alicyclic amines) is 1. The minimum atomic E-state index is -0.862. The summed E-state index contributed by atoms with van der Waals surface area (Å²) in [5.41, 5.74) is 1.56. The maximum atomic E-state index is 12.1. The Hall–Kier alpha value is -2.34. The molecule has 1 saturated heterocycles. The number of rotatable bonds is 12. The molecule has 6 nitrogen and oxygen atoms in total. The molecule has 1 unspecified atom stereocenters. The van der Waals surface area contributed by atoms with E-state index < -0.39 is 12.0 Å². The van der Waals surface area contributed by atoms with Gasteiger partial charge in [-0.25, -0.2) is 0 Å². The minimum absolute atomic E-state index is 0.0337. The Morgan fingerprint density at radius 2 is 1.97 bits per heavy atom. The van der Waals surface area contributed by atoms with E-state index in [4.69, 9.17) is 4.74 Å². The van der Waals surface area contributed by atoms with Crippen LogP contribution >= 0.6 is 0 Å². The Balaban J connectivity index is 1.88. The number of benzene rings is 1. The summed E-state index contributed by atoms with van der Waals surface area (Å²) in [5.74, 6) is 0.293. The first kappa shape index (κ1) is 23.9. The molecule has 0 spiro atoms. The van der Waals surface area contributed by atoms with Crippen molar-refractivity contribution < 1.29 is 19.4 Å². The maximum Gasteiger partial charge on any atom is 0.325 e. The molecule has 166 valence electrons. The molecule has 2 N–H and O–H groups in total. The third-order valence-electron chi connectivity index (χ3n) is 5.37. The second-order valence-corrected chi connectivity index (χ2v) is 8.25. The van der Waals surface area contributed by atoms with Crippen LogP contribution in [0.3, 0.4) is 0 Å². The number of carbonyl (C=O) groups excluding carboxylic acids is 1. The number of amides is 1. The lowest BCUT2D eigenvalue weighted by molar-refractivity contribution is -0.143. The first-order valence-corrected chi connectivity index (χ1v) is 11.0. The first-order chi connectivity index (χ1) is 14.4. The van der Waals surface area contributed by atoms with Crippen LogP contribution in [-0.2, 0) is 16.1 Å². The number of nitrogens with zero attached hydrogens (tertiary/aromatic N) is 1. The molecule has 30 heavy (non-hydrogen) atoms. The molecular weight excluding hydrogens is 380 g/mol. The molecule has 1 aromatic carbocycles. The first-order valence-electron chi connectivity index (χ1n) is 11.0. The number of allylic oxidation sites excluding steroid dienone is 2. The quantitative estimate of drug-likeness (QED) is 0.392. The maximum absolute atomic E-state index is 12.1. The molecule has 1 aromatic rings. The summed E-state index contributed by atoms with van der Waals surface area (Å²) < 4.78 is 5.49. The topological polar surface area (TPSA) is 78.9 Å². The van der Waals surface area contributed by atoms with Gasteiger partial charge >= 0.3 is 5.97 Å². The number of hydrogen-bond donors (Lipinski definition) is 2. The number of methoxy groups -OCH3 is 1. The van der Waals surface area contributed by atoms with E-state index in [0.717, 1.165) is 50.8 Å². The summed E-state index contributed by atoms with van der Waals surface area (Å²) in [6.45, 7) is 6.28. The van der Waals surface area contributed by atoms with Crippen LogP contribution in [0.5, 0.6) is 5.75 Å². The zero-order valence-electron chi connectivity index (χ0n) is 18.5. The van der Waals surface area contributed by atoms with E-state index in [1.165, 1.54) is 0 Å². The highest BCUT2D eigenvalue weighted by molar-refractivity contribution is 5.77. The zero-order valence-corrected chi connectivity index (χ0v) is 18.5. The lowest BCUT2D eigenvalue weighted by Crippen LogP contribution is -2.32. The smallest absolute Gasteiger partial charge is 0.325 e. The largest absolute Gasteiger partial charge is 0.496 e. The van der Waals surface area contributed by atoms with Crippen LogP contribution in [0.15, 0.2) is 30.4 Å². The Kier molecular flexibility index (Phi) is 9.87. The molecule has 0 radical (unpaired) electrons. The fraction of sp³-hybridized carbons (Fsp3) is 0.583. The summed E-state index contributed by atoms with van der Waals surface area (Å²) in [6.07, 6.45) is 9.80. The van der Waals surface area contributed by atoms with Crippen LogP contribution in [0, 0.1) is 5.92 Å². The van der Waals surface area contributed by atoms with E-state index in [0.29, 0.717) is 30.2 Å². The fourth-order valence-electron chi connectivity index (χ4n) is 3.78. The highest BCUT2D eigenvalue weighted by Gasteiger charge is 2.31. The van der Waals surface area contributed by atoms with E-state index in [2.05, 4.69) is 31.3 Å². The molecule has 2 rings (SSSR count). The highest BCUT2D eigenvalue weighted by Crippen LogP contribution is 2.32. The normalized spacial score (nSPS) is 15.6. The number of ether oxygens (including phenoxy) is 1. The highest BCUT2D eigenvalue weighted by atomic mass is 16.5. The number of unbranched alkanes of at least 4 members (excludes halogenated alkanes) is 2. The van der Waals surface area contributed by atoms with Gasteiger partial charge in [0.05, 0.1) is 7.11 Å². The molecular formula is C24H36N2O4. The van der Waals surface area contributed by atoms with Crippen LogP contribution in [0.25, 0.3) is 0 Å². The molecule has 1 atom stereocenters. The van der Waals surface area contributed by atoms with Crippen molar-refractivity contribution in [2.45, 2.75) is 65.0 Å². The predicted molar refractivity (Wildman–Crippen MR) is 118 cm³/mol. The van der Waals surface area contributed by atoms with E-state index in [-0.39, 0.29) is 5.91 Å². The molecule has 1 aliphatic rings. The molecule has 0 aliphatic carbocycles. The van der Waals surface area contributed by atoms with Crippen molar-refractivity contribution in [3.05, 3.63) is 41.5 Å². The summed E-state index contributed by atoms with van der Waals surface area (Å²) in [7, 11) is 1.55. The standard InChI is InChI=1S/C24H36N2O4/c1-18(2)10-6-4-5-7-11-22(27)25-17-19-12-13-20(21(16-19)30-3)23(24(28)29)26-14-8-9-15-26/h6,10,12-13,16,18,23H,4-5,7-9,11,14-15,17H2,1-3H3,(H,25,27)(H,28,29). The zero-order chi connectivity index (χ0) is 21.9. The SMILES string of the molecule is COc1cc(CNC(=O)CCCCC=CC(C)C)ccc1C(C(=O)O)N1CCCC1. The third kappa shape index (κ3) is 7.48. The van der Waals surface area contributed by atoms with Gasteiger partial charge in [-0.2, -0.15) is 0 Å². The summed E-state index contributed by atoms with van der Waals surface area (Å²) in [6, 6.07) is 4.83. The van der Waals surface area contributed by atoms with Crippen molar-refractivity contribution >= 4 is 11.9 Å². The van der Waals surface area contributed by atoms with Gasteiger partial charge in [0.25, 0.3) is 0 Å². The number of carboxylic acids is 1. The number of carboxylic acid groups (broad SMARTS) is 1. The van der Waals surface area contributed by atoms with Crippen LogP contribution in [-0.4, -0.2) is 42.1 Å². The molecule has 1 fully saturated rings. The molecule has 6 heteroatoms. The fourth-order valence-corrected chi connectivity index (χ4v) is 3.78. The van der Waals surface area contributed by atoms with Crippen molar-refractivity contribution in [2.75, 3.05) is 20.2 Å². The monoisotopic (exact) mass is 416 g/mol. The summed E-state index contributed by atoms with van der Waals surface area (Å²) in [4.78, 5) is 26.0. The molecule has 1 amide bonds. The van der Waals surface area contributed by atoms with Gasteiger partial charge in [0.1, 0.15) is 11.8 Å². The van der Waals surface area contributed by atoms with E-state index >= 15 is 0 Å². The predicted octanol–water partition coefficient (Wildman–Crippen LogP) is 4.31. The number of hydrogen-bond acceptors (Lipinski definition) is 4. The molecule has 0 aromatic heterocycles. The van der Waals surface area contributed by atoms with Gasteiger partial charge in [-0.15, -0.1) is 0 Å². The van der Waals surface area contributed by atoms with Crippen LogP contribution in [0.2, 0.25) is 0 Å². The van der Waals surface area contributed by atoms with Gasteiger partial charge in [0.15, 0.2) is 0 Å². The van der Waals surface area contributed by atoms with Gasteiger partial charge < -0.3 is 15.2 Å². The summed E-state index contributed by atoms with van der Waals surface area (Å²) >= 11 is 0. The number of nitrogens with one attached hydrogen (secondary N) is 1. The lowest BCUT2D eigenvalue weighted by atomic mass is 10.0. The average Bonchev–Trinajstić information content (AvgIpc) is 3.23. The lowest BCUT2D eigenvalue weighted by Gasteiger charge is -2.25. The summed E-state index contributed by atoms with van der Waals surface area (Å²) in [5, 5.41) is 12.7. The van der Waals surface area contributed by atoms with Crippen LogP contribution in [0.1, 0.15) is 69.5 Å². The molecule has 1 heterocycles. The Morgan fingerprint density at radius 3 is 2.60 bits per heavy atom. The van der Waals surface area contributed by atoms with Crippen molar-refractivity contribution in [1.29, 1.82) is 0 Å². The van der Waals surface area contributed by atoms with Gasteiger partial charge in [-0.3, -0.25) is 14.5 Å². The second kappa shape index (κ2) is 12.4. The van der Waals surface area contributed by atoms with Gasteiger partial charge in [-0.1, -0.05) is 38.1 Å². The van der Waals surface area contributed by atoms with Crippen molar-refractivity contribution in [1.82, 2.24) is 10.2 Å². The molecule has 0 bridgehead atoms. The van der Waals surface area contributed by atoms with Crippen LogP contribution in [0.4, 0.5) is 0 Å². The van der Waals surface area contributed by atoms with E-state index in [1.54, 1.807) is 7.11 Å². The van der Waals surface area contributed by atoms with Gasteiger partial charge in [0, 0.05) is 18.5 Å². The number of carbonyl (C=O) groups is 2. The van der Waals surface area contributed by atoms with Crippen molar-refractivity contribution in [2.24, 2.45) is 5.92 Å². The Morgan fingerprint density at radius 1 is 1.23 bits per heavy atom. The Bertz CT molecular complexity index is 724. The van der Waals surface area contributed by atoms with Crippen LogP contribution < -0.4 is 10.1 Å². The van der Waals surface area contributed by atoms with Gasteiger partial charge in [-0.05, 0) is 62.7 Å². The number of aliphatic carboxylic acids is 1. The third-order valence-corrected chi connectivity index (χ3v) is 5.37.